The molecule has 0 bridgehead atoms. The smallest absolute Gasteiger partial charge is 0.748 e. The van der Waals surface area contributed by atoms with Crippen molar-refractivity contribution in [3.8, 4) is 0 Å². The first-order valence-electron chi connectivity index (χ1n) is 3.50. The van der Waals surface area contributed by atoms with Crippen molar-refractivity contribution in [2.24, 2.45) is 0 Å². The largest absolute Gasteiger partial charge is 1.00 e. The van der Waals surface area contributed by atoms with Gasteiger partial charge in [0.05, 0.1) is 10.1 Å². The molecule has 0 heterocycles. The molecule has 0 aliphatic heterocycles. The van der Waals surface area contributed by atoms with Crippen LogP contribution in [0.2, 0.25) is 0 Å². The van der Waals surface area contributed by atoms with E-state index in [1.807, 2.05) is 6.92 Å². The van der Waals surface area contributed by atoms with Gasteiger partial charge < -0.3 is 4.55 Å². The van der Waals surface area contributed by atoms with Gasteiger partial charge in [0.15, 0.2) is 0 Å². The van der Waals surface area contributed by atoms with Gasteiger partial charge in [-0.1, -0.05) is 26.2 Å². The first kappa shape index (κ1) is 14.4. The van der Waals surface area contributed by atoms with E-state index in [-0.39, 0.29) is 33.4 Å². The Bertz CT molecular complexity index is 165. The Balaban J connectivity index is 0. The zero-order chi connectivity index (χ0) is 8.04. The van der Waals surface area contributed by atoms with Crippen molar-refractivity contribution < 1.29 is 40.6 Å². The second-order valence-electron chi connectivity index (χ2n) is 2.32. The normalized spacial score (nSPS) is 10.7. The minimum atomic E-state index is -3.95. The Morgan fingerprint density at radius 2 is 1.73 bits per heavy atom. The number of hydrogen-bond acceptors (Lipinski definition) is 3. The Hall–Kier alpha value is 0.845. The molecule has 0 rings (SSSR count). The second-order valence-corrected chi connectivity index (χ2v) is 3.85. The summed E-state index contributed by atoms with van der Waals surface area (Å²) in [5.41, 5.74) is 0. The van der Waals surface area contributed by atoms with E-state index in [2.05, 4.69) is 0 Å². The van der Waals surface area contributed by atoms with E-state index in [0.29, 0.717) is 6.42 Å². The minimum absolute atomic E-state index is 0. The van der Waals surface area contributed by atoms with E-state index < -0.39 is 10.1 Å². The molecule has 0 N–H and O–H groups in total. The van der Waals surface area contributed by atoms with Gasteiger partial charge in [-0.15, -0.1) is 0 Å². The van der Waals surface area contributed by atoms with E-state index in [0.717, 1.165) is 19.3 Å². The van der Waals surface area contributed by atoms with E-state index in [4.69, 9.17) is 0 Å². The summed E-state index contributed by atoms with van der Waals surface area (Å²) in [7, 11) is -3.95. The van der Waals surface area contributed by atoms with Crippen LogP contribution in [0.4, 0.5) is 0 Å². The predicted octanol–water partition coefficient (Wildman–Crippen LogP) is 1.11. The van der Waals surface area contributed by atoms with Crippen LogP contribution in [0.5, 0.6) is 0 Å². The molecule has 0 unspecified atom stereocenters. The van der Waals surface area contributed by atoms with E-state index >= 15 is 0 Å². The summed E-state index contributed by atoms with van der Waals surface area (Å²) in [4.78, 5) is 0. The standard InChI is InChI=1S/C6H14O3S.Hg/c1-2-3-4-5-6-10(7,8)9;/h2-6H2,1H3,(H,7,8,9);/q;+1/p-1. The topological polar surface area (TPSA) is 57.2 Å². The maximum absolute atomic E-state index is 10.0. The fourth-order valence-corrected chi connectivity index (χ4v) is 1.26. The molecular weight excluding hydrogens is 353 g/mol. The van der Waals surface area contributed by atoms with Crippen molar-refractivity contribution in [1.29, 1.82) is 0 Å². The molecule has 0 aliphatic rings. The SMILES string of the molecule is CCCCCCS(=O)(=O)[O-].[Hg+]. The van der Waals surface area contributed by atoms with Crippen LogP contribution in [0.3, 0.4) is 0 Å². The van der Waals surface area contributed by atoms with Gasteiger partial charge in [0.2, 0.25) is 0 Å². The molecule has 1 radical (unpaired) electrons. The molecular formula is C6H13HgO3S. The summed E-state index contributed by atoms with van der Waals surface area (Å²) in [5, 5.41) is 0. The van der Waals surface area contributed by atoms with Crippen LogP contribution in [0.15, 0.2) is 0 Å². The fraction of sp³-hybridized carbons (Fsp3) is 1.00. The molecule has 0 aliphatic carbocycles. The Kier molecular flexibility index (Phi) is 9.79. The minimum Gasteiger partial charge on any atom is -0.748 e. The van der Waals surface area contributed by atoms with Crippen LogP contribution < -0.4 is 0 Å². The van der Waals surface area contributed by atoms with Gasteiger partial charge in [0.1, 0.15) is 0 Å². The van der Waals surface area contributed by atoms with Crippen molar-refractivity contribution in [3.63, 3.8) is 0 Å². The second kappa shape index (κ2) is 7.49. The van der Waals surface area contributed by atoms with Crippen LogP contribution in [0.25, 0.3) is 0 Å². The predicted molar refractivity (Wildman–Crippen MR) is 38.7 cm³/mol. The van der Waals surface area contributed by atoms with Gasteiger partial charge in [0.25, 0.3) is 0 Å². The molecule has 0 atom stereocenters. The average Bonchev–Trinajstić information content (AvgIpc) is 1.78. The molecule has 0 aromatic rings. The van der Waals surface area contributed by atoms with E-state index in [9.17, 15) is 13.0 Å². The zero-order valence-electron chi connectivity index (χ0n) is 6.88. The third-order valence-electron chi connectivity index (χ3n) is 1.25. The summed E-state index contributed by atoms with van der Waals surface area (Å²) >= 11 is 0. The van der Waals surface area contributed by atoms with Crippen LogP contribution in [-0.4, -0.2) is 18.7 Å². The molecule has 11 heavy (non-hydrogen) atoms. The molecule has 0 spiro atoms. The maximum atomic E-state index is 10.0. The molecule has 0 aromatic heterocycles. The van der Waals surface area contributed by atoms with Crippen LogP contribution in [-0.2, 0) is 37.8 Å². The average molecular weight is 366 g/mol. The molecule has 0 aromatic carbocycles. The van der Waals surface area contributed by atoms with Gasteiger partial charge in [-0.2, -0.15) is 0 Å². The molecule has 3 nitrogen and oxygen atoms in total. The number of hydrogen-bond donors (Lipinski definition) is 0. The Labute approximate surface area is 88.8 Å². The molecule has 0 saturated carbocycles. The third kappa shape index (κ3) is 13.8. The van der Waals surface area contributed by atoms with Crippen LogP contribution >= 0.6 is 0 Å². The molecule has 5 heteroatoms. The Morgan fingerprint density at radius 3 is 2.09 bits per heavy atom. The van der Waals surface area contributed by atoms with Crippen molar-refractivity contribution in [2.45, 2.75) is 32.6 Å². The first-order chi connectivity index (χ1) is 4.56. The van der Waals surface area contributed by atoms with E-state index in [1.165, 1.54) is 0 Å². The zero-order valence-corrected chi connectivity index (χ0v) is 13.2. The third-order valence-corrected chi connectivity index (χ3v) is 2.04. The van der Waals surface area contributed by atoms with Crippen molar-refractivity contribution >= 4 is 10.1 Å². The summed E-state index contributed by atoms with van der Waals surface area (Å²) in [6.45, 7) is 2.03. The number of unbranched alkanes of at least 4 members (excludes halogenated alkanes) is 3. The summed E-state index contributed by atoms with van der Waals surface area (Å²) in [5.74, 6) is -0.201. The summed E-state index contributed by atoms with van der Waals surface area (Å²) in [6, 6.07) is 0. The molecule has 0 fully saturated rings. The summed E-state index contributed by atoms with van der Waals surface area (Å²) < 4.78 is 30.1. The first-order valence-corrected chi connectivity index (χ1v) is 5.07. The Morgan fingerprint density at radius 1 is 1.18 bits per heavy atom. The van der Waals surface area contributed by atoms with Gasteiger partial charge in [-0.25, -0.2) is 8.42 Å². The van der Waals surface area contributed by atoms with E-state index in [1.54, 1.807) is 0 Å². The van der Waals surface area contributed by atoms with Gasteiger partial charge in [-0.05, 0) is 6.42 Å². The number of rotatable bonds is 5. The maximum Gasteiger partial charge on any atom is 1.00 e. The monoisotopic (exact) mass is 367 g/mol. The van der Waals surface area contributed by atoms with Crippen LogP contribution in [0, 0.1) is 0 Å². The van der Waals surface area contributed by atoms with Crippen LogP contribution in [0.1, 0.15) is 32.6 Å². The van der Waals surface area contributed by atoms with Gasteiger partial charge >= 0.3 is 27.7 Å². The summed E-state index contributed by atoms with van der Waals surface area (Å²) in [6.07, 6.45) is 3.42. The molecule has 0 saturated heterocycles. The fourth-order valence-electron chi connectivity index (χ4n) is 0.706. The van der Waals surface area contributed by atoms with Crippen molar-refractivity contribution in [2.75, 3.05) is 5.75 Å². The van der Waals surface area contributed by atoms with Crippen molar-refractivity contribution in [3.05, 3.63) is 0 Å². The molecule has 0 amide bonds. The quantitative estimate of drug-likeness (QED) is 0.416. The van der Waals surface area contributed by atoms with Gasteiger partial charge in [0, 0.05) is 5.75 Å². The molecule has 63 valence electrons. The van der Waals surface area contributed by atoms with Gasteiger partial charge in [-0.3, -0.25) is 0 Å². The van der Waals surface area contributed by atoms with Crippen molar-refractivity contribution in [1.82, 2.24) is 0 Å².